The van der Waals surface area contributed by atoms with Crippen LogP contribution < -0.4 is 5.73 Å². The Kier molecular flexibility index (Phi) is 13.8. The van der Waals surface area contributed by atoms with Gasteiger partial charge < -0.3 is 11.1 Å². The normalized spacial score (nSPS) is 12.7. The van der Waals surface area contributed by atoms with Crippen molar-refractivity contribution in [3.05, 3.63) is 224 Å². The highest BCUT2D eigenvalue weighted by Gasteiger charge is 2.14. The van der Waals surface area contributed by atoms with Crippen LogP contribution in [0, 0.1) is 5.41 Å². The summed E-state index contributed by atoms with van der Waals surface area (Å²) in [5, 5.41) is 13.8. The number of hydrogen-bond donors (Lipinski definition) is 2. The minimum absolute atomic E-state index is 0.188. The summed E-state index contributed by atoms with van der Waals surface area (Å²) in [6, 6.07) is 44.3. The molecule has 0 heterocycles. The van der Waals surface area contributed by atoms with Gasteiger partial charge in [-0.3, -0.25) is 0 Å². The molecular formula is C51H48N2. The van der Waals surface area contributed by atoms with Gasteiger partial charge in [-0.05, 0) is 97.8 Å². The molecule has 6 rings (SSSR count). The first-order valence-corrected chi connectivity index (χ1v) is 18.3. The first-order chi connectivity index (χ1) is 26.1. The van der Waals surface area contributed by atoms with Gasteiger partial charge in [0.15, 0.2) is 0 Å². The van der Waals surface area contributed by atoms with Crippen LogP contribution in [0.5, 0.6) is 0 Å². The van der Waals surface area contributed by atoms with Crippen LogP contribution in [0.3, 0.4) is 0 Å². The fourth-order valence-corrected chi connectivity index (χ4v) is 6.28. The standard InChI is InChI=1S/C49H42N2.C2H6/c1-3-5-19-36(4-2)42-33-43(35-44(34-42)49-45-24-17-15-22-40(45)32-41-23-16-18-25-46(41)49)48(51)27-14-9-7-6-8-13-26-47(50)39-30-28-38(29-31-39)37-20-11-10-12-21-37;1-2/h3-35,47,51H,1,50H2,2H3;1-2H3/b8-6-,9-7+,19-5-,26-13-,27-14-,36-4+,51-48?;. The van der Waals surface area contributed by atoms with Crippen LogP contribution in [-0.2, 0) is 0 Å². The third-order valence-electron chi connectivity index (χ3n) is 8.90. The van der Waals surface area contributed by atoms with Gasteiger partial charge in [0.2, 0.25) is 0 Å². The van der Waals surface area contributed by atoms with Crippen molar-refractivity contribution in [3.63, 3.8) is 0 Å². The third kappa shape index (κ3) is 9.71. The Balaban J connectivity index is 0.00000266. The molecule has 53 heavy (non-hydrogen) atoms. The molecule has 0 aromatic heterocycles. The number of nitrogens with two attached hydrogens (primary N) is 1. The molecule has 0 saturated heterocycles. The molecule has 3 N–H and O–H groups in total. The van der Waals surface area contributed by atoms with Crippen LogP contribution in [0.1, 0.15) is 43.5 Å². The molecule has 1 atom stereocenters. The second-order valence-corrected chi connectivity index (χ2v) is 12.3. The molecule has 0 spiro atoms. The molecule has 0 aliphatic heterocycles. The fourth-order valence-electron chi connectivity index (χ4n) is 6.28. The van der Waals surface area contributed by atoms with E-state index in [9.17, 15) is 0 Å². The first-order valence-electron chi connectivity index (χ1n) is 18.3. The van der Waals surface area contributed by atoms with Gasteiger partial charge in [0.1, 0.15) is 0 Å². The predicted octanol–water partition coefficient (Wildman–Crippen LogP) is 13.8. The molecule has 2 heteroatoms. The average molecular weight is 689 g/mol. The molecule has 6 aromatic rings. The van der Waals surface area contributed by atoms with E-state index in [1.54, 1.807) is 6.08 Å². The molecule has 0 bridgehead atoms. The monoisotopic (exact) mass is 688 g/mol. The maximum absolute atomic E-state index is 9.07. The smallest absolute Gasteiger partial charge is 0.0612 e. The zero-order valence-corrected chi connectivity index (χ0v) is 30.9. The zero-order valence-electron chi connectivity index (χ0n) is 30.9. The molecule has 0 saturated carbocycles. The van der Waals surface area contributed by atoms with Crippen LogP contribution in [0.2, 0.25) is 0 Å². The summed E-state index contributed by atoms with van der Waals surface area (Å²) in [6.07, 6.45) is 23.4. The van der Waals surface area contributed by atoms with Gasteiger partial charge in [0.25, 0.3) is 0 Å². The Hall–Kier alpha value is -6.35. The molecule has 0 fully saturated rings. The number of hydrogen-bond acceptors (Lipinski definition) is 2. The highest BCUT2D eigenvalue weighted by Crippen LogP contribution is 2.38. The lowest BCUT2D eigenvalue weighted by atomic mass is 9.88. The van der Waals surface area contributed by atoms with E-state index in [0.29, 0.717) is 5.71 Å². The van der Waals surface area contributed by atoms with Crippen LogP contribution >= 0.6 is 0 Å². The van der Waals surface area contributed by atoms with Gasteiger partial charge in [0.05, 0.1) is 5.71 Å². The minimum Gasteiger partial charge on any atom is -0.321 e. The Labute approximate surface area is 315 Å². The topological polar surface area (TPSA) is 49.9 Å². The van der Waals surface area contributed by atoms with E-state index in [-0.39, 0.29) is 6.04 Å². The van der Waals surface area contributed by atoms with E-state index < -0.39 is 0 Å². The minimum atomic E-state index is -0.188. The van der Waals surface area contributed by atoms with Crippen molar-refractivity contribution < 1.29 is 0 Å². The van der Waals surface area contributed by atoms with E-state index in [2.05, 4.69) is 128 Å². The van der Waals surface area contributed by atoms with Crippen LogP contribution in [0.15, 0.2) is 207 Å². The van der Waals surface area contributed by atoms with Gasteiger partial charge in [-0.1, -0.05) is 190 Å². The van der Waals surface area contributed by atoms with E-state index in [1.807, 2.05) is 93.7 Å². The first kappa shape index (κ1) is 37.9. The second-order valence-electron chi connectivity index (χ2n) is 12.3. The number of nitrogens with one attached hydrogen (secondary N) is 1. The third-order valence-corrected chi connectivity index (χ3v) is 8.90. The SMILES string of the molecule is C=C/C=C\C(=C/C)c1cc(C(=N)\C=C/C=C/C=C\C=C/C(N)c2ccc(-c3ccccc3)cc2)cc(-c2c3ccccc3cc3ccccc23)c1.CC. The lowest BCUT2D eigenvalue weighted by molar-refractivity contribution is 0.912. The molecule has 0 aliphatic rings. The summed E-state index contributed by atoms with van der Waals surface area (Å²) in [5.74, 6) is 0. The molecule has 0 radical (unpaired) electrons. The van der Waals surface area contributed by atoms with Crippen molar-refractivity contribution >= 4 is 32.8 Å². The van der Waals surface area contributed by atoms with Crippen molar-refractivity contribution in [2.75, 3.05) is 0 Å². The Morgan fingerprint density at radius 1 is 0.585 bits per heavy atom. The van der Waals surface area contributed by atoms with Crippen molar-refractivity contribution in [1.29, 1.82) is 5.41 Å². The second kappa shape index (κ2) is 19.3. The highest BCUT2D eigenvalue weighted by molar-refractivity contribution is 6.14. The quantitative estimate of drug-likeness (QED) is 0.0750. The number of rotatable bonds is 12. The average Bonchev–Trinajstić information content (AvgIpc) is 3.22. The molecule has 0 aliphatic carbocycles. The molecule has 2 nitrogen and oxygen atoms in total. The summed E-state index contributed by atoms with van der Waals surface area (Å²) < 4.78 is 0. The Morgan fingerprint density at radius 2 is 1.15 bits per heavy atom. The van der Waals surface area contributed by atoms with Crippen molar-refractivity contribution in [2.24, 2.45) is 5.73 Å². The highest BCUT2D eigenvalue weighted by atomic mass is 14.6. The van der Waals surface area contributed by atoms with Crippen molar-refractivity contribution in [3.8, 4) is 22.3 Å². The van der Waals surface area contributed by atoms with Gasteiger partial charge in [-0.15, -0.1) is 0 Å². The number of benzene rings is 6. The van der Waals surface area contributed by atoms with E-state index in [0.717, 1.165) is 27.8 Å². The fraction of sp³-hybridized carbons (Fsp3) is 0.0784. The van der Waals surface area contributed by atoms with Gasteiger partial charge >= 0.3 is 0 Å². The largest absolute Gasteiger partial charge is 0.321 e. The predicted molar refractivity (Wildman–Crippen MR) is 233 cm³/mol. The molecular weight excluding hydrogens is 641 g/mol. The Morgan fingerprint density at radius 3 is 1.79 bits per heavy atom. The summed E-state index contributed by atoms with van der Waals surface area (Å²) >= 11 is 0. The summed E-state index contributed by atoms with van der Waals surface area (Å²) in [6.45, 7) is 9.90. The molecule has 1 unspecified atom stereocenters. The lowest BCUT2D eigenvalue weighted by Gasteiger charge is -2.15. The number of allylic oxidation sites excluding steroid dienone is 12. The van der Waals surface area contributed by atoms with Gasteiger partial charge in [-0.2, -0.15) is 0 Å². The molecule has 0 amide bonds. The maximum atomic E-state index is 9.07. The van der Waals surface area contributed by atoms with E-state index in [4.69, 9.17) is 11.1 Å². The van der Waals surface area contributed by atoms with Crippen LogP contribution in [0.25, 0.3) is 49.4 Å². The van der Waals surface area contributed by atoms with Crippen LogP contribution in [-0.4, -0.2) is 5.71 Å². The molecule has 6 aromatic carbocycles. The summed E-state index contributed by atoms with van der Waals surface area (Å²) in [7, 11) is 0. The van der Waals surface area contributed by atoms with Crippen molar-refractivity contribution in [1.82, 2.24) is 0 Å². The van der Waals surface area contributed by atoms with E-state index in [1.165, 1.54) is 38.2 Å². The van der Waals surface area contributed by atoms with Gasteiger partial charge in [0, 0.05) is 11.6 Å². The Bertz CT molecular complexity index is 2290. The lowest BCUT2D eigenvalue weighted by Crippen LogP contribution is -2.06. The molecule has 262 valence electrons. The van der Waals surface area contributed by atoms with Gasteiger partial charge in [-0.25, -0.2) is 0 Å². The van der Waals surface area contributed by atoms with E-state index >= 15 is 0 Å². The van der Waals surface area contributed by atoms with Crippen molar-refractivity contribution in [2.45, 2.75) is 26.8 Å². The summed E-state index contributed by atoms with van der Waals surface area (Å²) in [4.78, 5) is 0. The zero-order chi connectivity index (χ0) is 37.4. The maximum Gasteiger partial charge on any atom is 0.0612 e. The van der Waals surface area contributed by atoms with Crippen LogP contribution in [0.4, 0.5) is 0 Å². The summed E-state index contributed by atoms with van der Waals surface area (Å²) in [5.41, 5.74) is 15.5. The number of fused-ring (bicyclic) bond motifs is 2.